The van der Waals surface area contributed by atoms with Crippen LogP contribution in [0.4, 0.5) is 0 Å². The highest BCUT2D eigenvalue weighted by atomic mass is 14.7. The van der Waals surface area contributed by atoms with E-state index in [2.05, 4.69) is 70.0 Å². The van der Waals surface area contributed by atoms with E-state index in [0.717, 1.165) is 12.8 Å². The fourth-order valence-electron chi connectivity index (χ4n) is 1.91. The molecule has 2 atom stereocenters. The molecule has 0 saturated carbocycles. The van der Waals surface area contributed by atoms with E-state index in [0.29, 0.717) is 11.8 Å². The summed E-state index contributed by atoms with van der Waals surface area (Å²) in [6.45, 7) is 11.0. The number of aryl methyl sites for hydroxylation is 1. The predicted octanol–water partition coefficient (Wildman–Crippen LogP) is 4.98. The normalized spacial score (nSPS) is 14.4. The second-order valence-electron chi connectivity index (χ2n) is 5.68. The van der Waals surface area contributed by atoms with Crippen LogP contribution >= 0.6 is 0 Å². The molecule has 104 valence electrons. The van der Waals surface area contributed by atoms with Gasteiger partial charge in [0.25, 0.3) is 0 Å². The van der Waals surface area contributed by atoms with Crippen LogP contribution in [0.25, 0.3) is 0 Å². The minimum Gasteiger partial charge on any atom is -0.261 e. The first-order valence-corrected chi connectivity index (χ1v) is 7.28. The molecule has 1 heterocycles. The molecule has 1 aromatic rings. The van der Waals surface area contributed by atoms with Crippen molar-refractivity contribution in [2.45, 2.75) is 47.5 Å². The third-order valence-electron chi connectivity index (χ3n) is 3.57. The monoisotopic (exact) mass is 257 g/mol. The maximum absolute atomic E-state index is 4.54. The average Bonchev–Trinajstić information content (AvgIpc) is 2.39. The van der Waals surface area contributed by atoms with E-state index in [1.165, 1.54) is 16.8 Å². The van der Waals surface area contributed by atoms with Gasteiger partial charge in [-0.25, -0.2) is 0 Å². The third kappa shape index (κ3) is 5.87. The Morgan fingerprint density at radius 1 is 1.26 bits per heavy atom. The van der Waals surface area contributed by atoms with Gasteiger partial charge in [-0.3, -0.25) is 4.98 Å². The van der Waals surface area contributed by atoms with Crippen LogP contribution in [0.2, 0.25) is 0 Å². The van der Waals surface area contributed by atoms with Crippen molar-refractivity contribution in [2.24, 2.45) is 11.8 Å². The molecule has 0 saturated heterocycles. The highest BCUT2D eigenvalue weighted by Gasteiger charge is 2.10. The van der Waals surface area contributed by atoms with Gasteiger partial charge < -0.3 is 0 Å². The molecule has 0 fully saturated rings. The Bertz CT molecular complexity index is 422. The quantitative estimate of drug-likeness (QED) is 0.655. The molecule has 1 heteroatoms. The summed E-state index contributed by atoms with van der Waals surface area (Å²) in [5.74, 6) is 1.19. The maximum atomic E-state index is 4.54. The average molecular weight is 257 g/mol. The Morgan fingerprint density at radius 2 is 2.00 bits per heavy atom. The molecule has 0 aliphatic heterocycles. The van der Waals surface area contributed by atoms with Crippen LogP contribution in [0, 0.1) is 11.8 Å². The zero-order valence-electron chi connectivity index (χ0n) is 13.0. The van der Waals surface area contributed by atoms with Crippen molar-refractivity contribution in [3.63, 3.8) is 0 Å². The first kappa shape index (κ1) is 15.7. The minimum absolute atomic E-state index is 0.572. The van der Waals surface area contributed by atoms with Gasteiger partial charge in [-0.2, -0.15) is 0 Å². The minimum atomic E-state index is 0.572. The van der Waals surface area contributed by atoms with E-state index in [1.54, 1.807) is 0 Å². The Kier molecular flexibility index (Phi) is 6.55. The van der Waals surface area contributed by atoms with Gasteiger partial charge in [0, 0.05) is 11.9 Å². The molecule has 0 radical (unpaired) electrons. The number of allylic oxidation sites excluding steroid dienone is 4. The number of aromatic nitrogens is 1. The zero-order chi connectivity index (χ0) is 14.3. The molecule has 1 rings (SSSR count). The third-order valence-corrected chi connectivity index (χ3v) is 3.57. The maximum Gasteiger partial charge on any atom is 0.0406 e. The summed E-state index contributed by atoms with van der Waals surface area (Å²) in [7, 11) is 0. The molecular weight excluding hydrogens is 230 g/mol. The van der Waals surface area contributed by atoms with Crippen molar-refractivity contribution >= 4 is 0 Å². The van der Waals surface area contributed by atoms with Crippen molar-refractivity contribution in [2.75, 3.05) is 0 Å². The number of nitrogens with zero attached hydrogens (tertiary/aromatic N) is 1. The van der Waals surface area contributed by atoms with Crippen molar-refractivity contribution in [1.82, 2.24) is 4.98 Å². The number of hydrogen-bond donors (Lipinski definition) is 0. The Morgan fingerprint density at radius 3 is 2.53 bits per heavy atom. The molecule has 19 heavy (non-hydrogen) atoms. The van der Waals surface area contributed by atoms with Gasteiger partial charge in [0.1, 0.15) is 0 Å². The topological polar surface area (TPSA) is 12.9 Å². The Labute approximate surface area is 118 Å². The summed E-state index contributed by atoms with van der Waals surface area (Å²) >= 11 is 0. The number of hydrogen-bond acceptors (Lipinski definition) is 1. The standard InChI is InChI=1S/C18H27N/c1-6-17-10-11-18(19-13-17)12-16(5)15(4)9-7-8-14(2)3/h7-11,13,15-16H,6,12H2,1-5H3. The smallest absolute Gasteiger partial charge is 0.0406 e. The highest BCUT2D eigenvalue weighted by Crippen LogP contribution is 2.17. The van der Waals surface area contributed by atoms with E-state index in [-0.39, 0.29) is 0 Å². The fraction of sp³-hybridized carbons (Fsp3) is 0.500. The zero-order valence-corrected chi connectivity index (χ0v) is 13.0. The fourth-order valence-corrected chi connectivity index (χ4v) is 1.91. The summed E-state index contributed by atoms with van der Waals surface area (Å²) in [5.41, 5.74) is 3.85. The largest absolute Gasteiger partial charge is 0.261 e. The van der Waals surface area contributed by atoms with Crippen molar-refractivity contribution < 1.29 is 0 Å². The van der Waals surface area contributed by atoms with Crippen LogP contribution in [-0.2, 0) is 12.8 Å². The summed E-state index contributed by atoms with van der Waals surface area (Å²) in [5, 5.41) is 0. The van der Waals surface area contributed by atoms with Crippen LogP contribution in [0.5, 0.6) is 0 Å². The molecule has 0 aromatic carbocycles. The lowest BCUT2D eigenvalue weighted by Crippen LogP contribution is -2.09. The van der Waals surface area contributed by atoms with Crippen LogP contribution in [0.1, 0.15) is 45.9 Å². The van der Waals surface area contributed by atoms with Crippen molar-refractivity contribution in [3.8, 4) is 0 Å². The Hall–Kier alpha value is -1.37. The summed E-state index contributed by atoms with van der Waals surface area (Å²) in [4.78, 5) is 4.54. The van der Waals surface area contributed by atoms with Gasteiger partial charge in [-0.1, -0.05) is 50.6 Å². The SMILES string of the molecule is CCc1ccc(CC(C)C(C)C=CC=C(C)C)nc1. The lowest BCUT2D eigenvalue weighted by Gasteiger charge is -2.16. The molecule has 2 unspecified atom stereocenters. The molecule has 0 aliphatic rings. The molecule has 0 aliphatic carbocycles. The van der Waals surface area contributed by atoms with Crippen LogP contribution < -0.4 is 0 Å². The van der Waals surface area contributed by atoms with Gasteiger partial charge >= 0.3 is 0 Å². The molecule has 0 N–H and O–H groups in total. The molecule has 0 amide bonds. The summed E-state index contributed by atoms with van der Waals surface area (Å²) in [6.07, 6.45) is 10.7. The number of rotatable bonds is 6. The number of pyridine rings is 1. The van der Waals surface area contributed by atoms with Crippen molar-refractivity contribution in [1.29, 1.82) is 0 Å². The first-order chi connectivity index (χ1) is 9.02. The van der Waals surface area contributed by atoms with E-state index in [4.69, 9.17) is 0 Å². The molecular formula is C18H27N. The van der Waals surface area contributed by atoms with E-state index in [1.807, 2.05) is 6.20 Å². The molecule has 1 nitrogen and oxygen atoms in total. The van der Waals surface area contributed by atoms with Crippen LogP contribution in [0.15, 0.2) is 42.1 Å². The van der Waals surface area contributed by atoms with Gasteiger partial charge in [-0.15, -0.1) is 0 Å². The highest BCUT2D eigenvalue weighted by molar-refractivity contribution is 5.15. The van der Waals surface area contributed by atoms with Crippen molar-refractivity contribution in [3.05, 3.63) is 53.4 Å². The van der Waals surface area contributed by atoms with Crippen LogP contribution in [0.3, 0.4) is 0 Å². The van der Waals surface area contributed by atoms with Gasteiger partial charge in [0.2, 0.25) is 0 Å². The van der Waals surface area contributed by atoms with E-state index >= 15 is 0 Å². The molecule has 1 aromatic heterocycles. The Balaban J connectivity index is 2.55. The second kappa shape index (κ2) is 7.93. The molecule has 0 bridgehead atoms. The predicted molar refractivity (Wildman–Crippen MR) is 84.2 cm³/mol. The van der Waals surface area contributed by atoms with Gasteiger partial charge in [0.15, 0.2) is 0 Å². The molecule has 0 spiro atoms. The van der Waals surface area contributed by atoms with E-state index < -0.39 is 0 Å². The summed E-state index contributed by atoms with van der Waals surface area (Å²) < 4.78 is 0. The van der Waals surface area contributed by atoms with Crippen LogP contribution in [-0.4, -0.2) is 4.98 Å². The summed E-state index contributed by atoms with van der Waals surface area (Å²) in [6, 6.07) is 4.36. The van der Waals surface area contributed by atoms with Gasteiger partial charge in [-0.05, 0) is 50.2 Å². The lowest BCUT2D eigenvalue weighted by molar-refractivity contribution is 0.453. The first-order valence-electron chi connectivity index (χ1n) is 7.28. The lowest BCUT2D eigenvalue weighted by atomic mass is 9.91. The van der Waals surface area contributed by atoms with E-state index in [9.17, 15) is 0 Å². The van der Waals surface area contributed by atoms with Gasteiger partial charge in [0.05, 0.1) is 0 Å². The second-order valence-corrected chi connectivity index (χ2v) is 5.68.